The summed E-state index contributed by atoms with van der Waals surface area (Å²) in [6.07, 6.45) is -3.96. The van der Waals surface area contributed by atoms with Gasteiger partial charge in [0.05, 0.1) is 6.61 Å². The molecule has 1 aromatic rings. The zero-order valence-corrected chi connectivity index (χ0v) is 9.92. The third-order valence-corrected chi connectivity index (χ3v) is 2.08. The van der Waals surface area contributed by atoms with Crippen LogP contribution < -0.4 is 4.74 Å². The van der Waals surface area contributed by atoms with E-state index >= 15 is 0 Å². The Bertz CT molecular complexity index is 416. The number of halogens is 2. The molecule has 0 aliphatic rings. The lowest BCUT2D eigenvalue weighted by molar-refractivity contribution is -0.216. The number of carbonyl (C=O) groups excluding carboxylic acids is 1. The normalized spacial score (nSPS) is 11.1. The SMILES string of the molecule is CCOC(=O)C(F)(F)Oc1ccc(C)cc1C. The van der Waals surface area contributed by atoms with Crippen LogP contribution in [0.1, 0.15) is 18.1 Å². The molecule has 94 valence electrons. The highest BCUT2D eigenvalue weighted by atomic mass is 19.3. The predicted molar refractivity (Wildman–Crippen MR) is 58.1 cm³/mol. The van der Waals surface area contributed by atoms with E-state index in [1.165, 1.54) is 13.0 Å². The molecule has 1 rings (SSSR count). The number of aryl methyl sites for hydroxylation is 2. The summed E-state index contributed by atoms with van der Waals surface area (Å²) >= 11 is 0. The van der Waals surface area contributed by atoms with Crippen molar-refractivity contribution in [3.8, 4) is 5.75 Å². The molecule has 0 bridgehead atoms. The first-order valence-corrected chi connectivity index (χ1v) is 5.18. The maximum Gasteiger partial charge on any atom is 0.502 e. The quantitative estimate of drug-likeness (QED) is 0.764. The average Bonchev–Trinajstić information content (AvgIpc) is 2.22. The van der Waals surface area contributed by atoms with Crippen LogP contribution in [0.5, 0.6) is 5.75 Å². The van der Waals surface area contributed by atoms with E-state index in [2.05, 4.69) is 9.47 Å². The fraction of sp³-hybridized carbons (Fsp3) is 0.417. The Labute approximate surface area is 98.3 Å². The Morgan fingerprint density at radius 3 is 2.53 bits per heavy atom. The number of alkyl halides is 2. The standard InChI is InChI=1S/C12H14F2O3/c1-4-16-11(15)12(13,14)17-10-6-5-8(2)7-9(10)3/h5-7H,4H2,1-3H3. The number of rotatable bonds is 4. The van der Waals surface area contributed by atoms with E-state index in [9.17, 15) is 13.6 Å². The zero-order chi connectivity index (χ0) is 13.1. The first kappa shape index (κ1) is 13.4. The van der Waals surface area contributed by atoms with Gasteiger partial charge in [0.2, 0.25) is 0 Å². The van der Waals surface area contributed by atoms with Crippen molar-refractivity contribution in [3.63, 3.8) is 0 Å². The molecule has 0 radical (unpaired) electrons. The van der Waals surface area contributed by atoms with Crippen LogP contribution in [0, 0.1) is 13.8 Å². The number of hydrogen-bond acceptors (Lipinski definition) is 3. The fourth-order valence-electron chi connectivity index (χ4n) is 1.31. The topological polar surface area (TPSA) is 35.5 Å². The minimum absolute atomic E-state index is 0.0337. The summed E-state index contributed by atoms with van der Waals surface area (Å²) in [5.74, 6) is -1.71. The van der Waals surface area contributed by atoms with Crippen molar-refractivity contribution in [3.05, 3.63) is 29.3 Å². The number of benzene rings is 1. The summed E-state index contributed by atoms with van der Waals surface area (Å²) in [7, 11) is 0. The van der Waals surface area contributed by atoms with E-state index in [1.807, 2.05) is 6.92 Å². The van der Waals surface area contributed by atoms with Crippen LogP contribution in [0.15, 0.2) is 18.2 Å². The molecule has 5 heteroatoms. The van der Waals surface area contributed by atoms with Gasteiger partial charge >= 0.3 is 12.1 Å². The first-order valence-electron chi connectivity index (χ1n) is 5.18. The maximum absolute atomic E-state index is 13.3. The lowest BCUT2D eigenvalue weighted by atomic mass is 10.1. The van der Waals surface area contributed by atoms with E-state index in [1.54, 1.807) is 19.1 Å². The van der Waals surface area contributed by atoms with Gasteiger partial charge in [-0.25, -0.2) is 4.79 Å². The summed E-state index contributed by atoms with van der Waals surface area (Å²) in [5, 5.41) is 0. The fourth-order valence-corrected chi connectivity index (χ4v) is 1.31. The van der Waals surface area contributed by atoms with Crippen molar-refractivity contribution in [1.29, 1.82) is 0 Å². The molecule has 0 aromatic heterocycles. The molecular formula is C12H14F2O3. The molecule has 0 aliphatic heterocycles. The van der Waals surface area contributed by atoms with Gasteiger partial charge in [-0.3, -0.25) is 0 Å². The zero-order valence-electron chi connectivity index (χ0n) is 9.92. The minimum atomic E-state index is -3.96. The van der Waals surface area contributed by atoms with Gasteiger partial charge in [0.25, 0.3) is 0 Å². The lowest BCUT2D eigenvalue weighted by Gasteiger charge is -2.17. The molecule has 0 amide bonds. The van der Waals surface area contributed by atoms with E-state index in [0.717, 1.165) is 5.56 Å². The lowest BCUT2D eigenvalue weighted by Crippen LogP contribution is -2.37. The molecule has 0 saturated carbocycles. The molecule has 0 unspecified atom stereocenters. The van der Waals surface area contributed by atoms with Crippen LogP contribution >= 0.6 is 0 Å². The number of esters is 1. The minimum Gasteiger partial charge on any atom is -0.459 e. The third kappa shape index (κ3) is 3.41. The Morgan fingerprint density at radius 1 is 1.35 bits per heavy atom. The monoisotopic (exact) mass is 244 g/mol. The maximum atomic E-state index is 13.3. The highest BCUT2D eigenvalue weighted by Crippen LogP contribution is 2.26. The molecule has 0 N–H and O–H groups in total. The van der Waals surface area contributed by atoms with Gasteiger partial charge in [-0.1, -0.05) is 17.7 Å². The Hall–Kier alpha value is -1.65. The largest absolute Gasteiger partial charge is 0.502 e. The second-order valence-corrected chi connectivity index (χ2v) is 3.61. The smallest absolute Gasteiger partial charge is 0.459 e. The van der Waals surface area contributed by atoms with Gasteiger partial charge in [0.15, 0.2) is 0 Å². The summed E-state index contributed by atoms with van der Waals surface area (Å²) in [6.45, 7) is 4.79. The van der Waals surface area contributed by atoms with Crippen molar-refractivity contribution in [2.45, 2.75) is 26.9 Å². The molecule has 0 fully saturated rings. The molecule has 17 heavy (non-hydrogen) atoms. The van der Waals surface area contributed by atoms with Gasteiger partial charge in [0.1, 0.15) is 5.75 Å². The van der Waals surface area contributed by atoms with Gasteiger partial charge in [-0.2, -0.15) is 8.78 Å². The number of carbonyl (C=O) groups is 1. The van der Waals surface area contributed by atoms with E-state index in [-0.39, 0.29) is 12.4 Å². The summed E-state index contributed by atoms with van der Waals surface area (Å²) in [6, 6.07) is 4.72. The van der Waals surface area contributed by atoms with Gasteiger partial charge in [-0.05, 0) is 32.4 Å². The van der Waals surface area contributed by atoms with Gasteiger partial charge < -0.3 is 9.47 Å². The molecule has 0 heterocycles. The Balaban J connectivity index is 2.86. The van der Waals surface area contributed by atoms with E-state index in [0.29, 0.717) is 5.56 Å². The molecule has 1 aromatic carbocycles. The first-order chi connectivity index (χ1) is 7.86. The highest BCUT2D eigenvalue weighted by Gasteiger charge is 2.44. The highest BCUT2D eigenvalue weighted by molar-refractivity contribution is 5.76. The molecule has 0 aliphatic carbocycles. The molecule has 0 spiro atoms. The third-order valence-electron chi connectivity index (χ3n) is 2.08. The van der Waals surface area contributed by atoms with Crippen LogP contribution in [0.4, 0.5) is 8.78 Å². The van der Waals surface area contributed by atoms with Gasteiger partial charge in [-0.15, -0.1) is 0 Å². The van der Waals surface area contributed by atoms with Crippen molar-refractivity contribution < 1.29 is 23.0 Å². The van der Waals surface area contributed by atoms with Crippen LogP contribution in [-0.4, -0.2) is 18.7 Å². The Morgan fingerprint density at radius 2 is 2.00 bits per heavy atom. The molecule has 0 saturated heterocycles. The second kappa shape index (κ2) is 5.12. The Kier molecular flexibility index (Phi) is 4.04. The van der Waals surface area contributed by atoms with Crippen molar-refractivity contribution >= 4 is 5.97 Å². The van der Waals surface area contributed by atoms with E-state index in [4.69, 9.17) is 0 Å². The van der Waals surface area contributed by atoms with E-state index < -0.39 is 12.1 Å². The average molecular weight is 244 g/mol. The summed E-state index contributed by atoms with van der Waals surface area (Å²) in [4.78, 5) is 11.0. The van der Waals surface area contributed by atoms with Crippen molar-refractivity contribution in [1.82, 2.24) is 0 Å². The molecule has 0 atom stereocenters. The van der Waals surface area contributed by atoms with Crippen LogP contribution in [0.2, 0.25) is 0 Å². The van der Waals surface area contributed by atoms with Crippen molar-refractivity contribution in [2.75, 3.05) is 6.61 Å². The summed E-state index contributed by atoms with van der Waals surface area (Å²) < 4.78 is 35.2. The van der Waals surface area contributed by atoms with Crippen molar-refractivity contribution in [2.24, 2.45) is 0 Å². The molecular weight excluding hydrogens is 230 g/mol. The van der Waals surface area contributed by atoms with Crippen LogP contribution in [0.25, 0.3) is 0 Å². The predicted octanol–water partition coefficient (Wildman–Crippen LogP) is 2.84. The second-order valence-electron chi connectivity index (χ2n) is 3.61. The number of ether oxygens (including phenoxy) is 2. The van der Waals surface area contributed by atoms with Crippen LogP contribution in [0.3, 0.4) is 0 Å². The molecule has 3 nitrogen and oxygen atoms in total. The van der Waals surface area contributed by atoms with Crippen LogP contribution in [-0.2, 0) is 9.53 Å². The summed E-state index contributed by atoms with van der Waals surface area (Å²) in [5.41, 5.74) is 1.46. The van der Waals surface area contributed by atoms with Gasteiger partial charge in [0, 0.05) is 0 Å². The number of hydrogen-bond donors (Lipinski definition) is 0.